The Labute approximate surface area is 291 Å². The fourth-order valence-electron chi connectivity index (χ4n) is 6.72. The van der Waals surface area contributed by atoms with E-state index in [0.29, 0.717) is 17.5 Å². The molecule has 0 spiro atoms. The number of aromatic nitrogens is 4. The first-order valence-electron chi connectivity index (χ1n) is 16.5. The lowest BCUT2D eigenvalue weighted by Crippen LogP contribution is -2.00. The molecule has 0 aliphatic heterocycles. The van der Waals surface area contributed by atoms with Crippen molar-refractivity contribution in [3.05, 3.63) is 158 Å². The minimum absolute atomic E-state index is 0.581. The van der Waals surface area contributed by atoms with Crippen LogP contribution in [0.4, 0.5) is 0 Å². The lowest BCUT2D eigenvalue weighted by atomic mass is 9.99. The van der Waals surface area contributed by atoms with Gasteiger partial charge in [0.15, 0.2) is 17.5 Å². The van der Waals surface area contributed by atoms with Gasteiger partial charge in [0.05, 0.1) is 15.8 Å². The van der Waals surface area contributed by atoms with Crippen LogP contribution >= 0.6 is 11.3 Å². The van der Waals surface area contributed by atoms with Crippen LogP contribution in [0.15, 0.2) is 162 Å². The fourth-order valence-corrected chi connectivity index (χ4v) is 7.81. The van der Waals surface area contributed by atoms with Crippen LogP contribution in [-0.4, -0.2) is 19.9 Å². The third-order valence-corrected chi connectivity index (χ3v) is 10.3. The summed E-state index contributed by atoms with van der Waals surface area (Å²) in [6.07, 6.45) is 0. The van der Waals surface area contributed by atoms with E-state index in [2.05, 4.69) is 78.9 Å². The molecular weight excluding hydrogens is 633 g/mol. The predicted octanol–water partition coefficient (Wildman–Crippen LogP) is 11.9. The van der Waals surface area contributed by atoms with Crippen LogP contribution < -0.4 is 0 Å². The molecule has 50 heavy (non-hydrogen) atoms. The molecule has 10 rings (SSSR count). The van der Waals surface area contributed by atoms with Crippen LogP contribution in [0.25, 0.3) is 98.8 Å². The average molecular weight is 659 g/mol. The average Bonchev–Trinajstić information content (AvgIpc) is 3.79. The molecule has 3 heterocycles. The minimum atomic E-state index is 0.581. The number of fused-ring (bicyclic) bond motifs is 5. The van der Waals surface area contributed by atoms with Crippen LogP contribution in [0.2, 0.25) is 0 Å². The van der Waals surface area contributed by atoms with Gasteiger partial charge in [0, 0.05) is 33.5 Å². The van der Waals surface area contributed by atoms with Gasteiger partial charge in [-0.2, -0.15) is 0 Å². The number of furan rings is 1. The molecule has 0 radical (unpaired) electrons. The molecule has 5 nitrogen and oxygen atoms in total. The predicted molar refractivity (Wildman–Crippen MR) is 205 cm³/mol. The van der Waals surface area contributed by atoms with E-state index < -0.39 is 0 Å². The van der Waals surface area contributed by atoms with Crippen molar-refractivity contribution in [3.63, 3.8) is 0 Å². The van der Waals surface area contributed by atoms with E-state index in [9.17, 15) is 0 Å². The Hall–Kier alpha value is -6.50. The third-order valence-electron chi connectivity index (χ3n) is 9.14. The normalized spacial score (nSPS) is 11.6. The molecule has 0 N–H and O–H groups in total. The summed E-state index contributed by atoms with van der Waals surface area (Å²) in [5.41, 5.74) is 8.54. The smallest absolute Gasteiger partial charge is 0.166 e. The number of hydrogen-bond donors (Lipinski definition) is 0. The Kier molecular flexibility index (Phi) is 6.60. The zero-order valence-electron chi connectivity index (χ0n) is 26.6. The van der Waals surface area contributed by atoms with E-state index in [-0.39, 0.29) is 0 Å². The number of rotatable bonds is 5. The van der Waals surface area contributed by atoms with Gasteiger partial charge < -0.3 is 4.42 Å². The summed E-state index contributed by atoms with van der Waals surface area (Å²) in [6, 6.07) is 54.0. The Bertz CT molecular complexity index is 2860. The van der Waals surface area contributed by atoms with Crippen LogP contribution in [0.5, 0.6) is 0 Å². The van der Waals surface area contributed by atoms with Gasteiger partial charge in [0.25, 0.3) is 0 Å². The quantitative estimate of drug-likeness (QED) is 0.184. The third kappa shape index (κ3) is 4.85. The SMILES string of the molecule is c1ccc(-c2ccc3ccc(-c4nc(-c5ccccc5)nc(-c5c6sc(-c7ccccc7)nc6cc6oc7ccccc7c56)n4)cc3c2)cc1. The standard InChI is InChI=1S/C44H26N4OS/c1-4-12-27(13-5-1)31-22-20-28-21-23-32(25-33(28)24-31)42-46-41(29-14-6-2-7-15-29)47-43(48-42)39-38-34-18-10-11-19-36(34)49-37(38)26-35-40(39)50-44(45-35)30-16-8-3-9-17-30/h1-26H. The summed E-state index contributed by atoms with van der Waals surface area (Å²) in [4.78, 5) is 20.7. The molecule has 3 aromatic heterocycles. The first-order chi connectivity index (χ1) is 24.7. The van der Waals surface area contributed by atoms with Crippen molar-refractivity contribution < 1.29 is 4.42 Å². The molecule has 234 valence electrons. The molecule has 0 amide bonds. The van der Waals surface area contributed by atoms with Crippen molar-refractivity contribution in [2.24, 2.45) is 0 Å². The lowest BCUT2D eigenvalue weighted by Gasteiger charge is -2.11. The lowest BCUT2D eigenvalue weighted by molar-refractivity contribution is 0.669. The zero-order valence-corrected chi connectivity index (χ0v) is 27.4. The Balaban J connectivity index is 1.25. The molecule has 0 saturated carbocycles. The van der Waals surface area contributed by atoms with Crippen LogP contribution in [0.1, 0.15) is 0 Å². The van der Waals surface area contributed by atoms with Crippen LogP contribution in [0, 0.1) is 0 Å². The highest BCUT2D eigenvalue weighted by molar-refractivity contribution is 7.22. The summed E-state index contributed by atoms with van der Waals surface area (Å²) >= 11 is 1.65. The molecular formula is C44H26N4OS. The van der Waals surface area contributed by atoms with E-state index in [1.54, 1.807) is 11.3 Å². The van der Waals surface area contributed by atoms with Crippen molar-refractivity contribution in [1.29, 1.82) is 0 Å². The fraction of sp³-hybridized carbons (Fsp3) is 0. The highest BCUT2D eigenvalue weighted by Crippen LogP contribution is 2.45. The molecule has 0 aliphatic carbocycles. The maximum atomic E-state index is 6.46. The topological polar surface area (TPSA) is 64.7 Å². The van der Waals surface area contributed by atoms with Gasteiger partial charge in [-0.1, -0.05) is 133 Å². The summed E-state index contributed by atoms with van der Waals surface area (Å²) in [6.45, 7) is 0. The monoisotopic (exact) mass is 658 g/mol. The van der Waals surface area contributed by atoms with Crippen molar-refractivity contribution in [2.75, 3.05) is 0 Å². The van der Waals surface area contributed by atoms with E-state index in [1.807, 2.05) is 78.9 Å². The summed E-state index contributed by atoms with van der Waals surface area (Å²) in [5.74, 6) is 1.79. The van der Waals surface area contributed by atoms with E-state index in [1.165, 1.54) is 5.56 Å². The van der Waals surface area contributed by atoms with Gasteiger partial charge in [0.1, 0.15) is 16.2 Å². The molecule has 0 saturated heterocycles. The van der Waals surface area contributed by atoms with Crippen LogP contribution in [0.3, 0.4) is 0 Å². The summed E-state index contributed by atoms with van der Waals surface area (Å²) in [5, 5.41) is 5.18. The molecule has 7 aromatic carbocycles. The number of nitrogens with zero attached hydrogens (tertiary/aromatic N) is 4. The highest BCUT2D eigenvalue weighted by Gasteiger charge is 2.23. The zero-order chi connectivity index (χ0) is 33.0. The van der Waals surface area contributed by atoms with Gasteiger partial charge in [0.2, 0.25) is 0 Å². The van der Waals surface area contributed by atoms with Crippen LogP contribution in [-0.2, 0) is 0 Å². The Morgan fingerprint density at radius 1 is 0.420 bits per heavy atom. The molecule has 10 aromatic rings. The van der Waals surface area contributed by atoms with Crippen molar-refractivity contribution >= 4 is 54.3 Å². The summed E-state index contributed by atoms with van der Waals surface area (Å²) < 4.78 is 7.46. The van der Waals surface area contributed by atoms with Gasteiger partial charge in [-0.05, 0) is 40.1 Å². The minimum Gasteiger partial charge on any atom is -0.456 e. The second-order valence-corrected chi connectivity index (χ2v) is 13.3. The van der Waals surface area contributed by atoms with Crippen molar-refractivity contribution in [3.8, 4) is 55.9 Å². The number of benzene rings is 7. The number of hydrogen-bond acceptors (Lipinski definition) is 6. The molecule has 6 heteroatoms. The van der Waals surface area contributed by atoms with Gasteiger partial charge in [-0.25, -0.2) is 19.9 Å². The molecule has 0 atom stereocenters. The first-order valence-corrected chi connectivity index (χ1v) is 17.3. The molecule has 0 aliphatic rings. The maximum absolute atomic E-state index is 6.46. The second kappa shape index (κ2) is 11.6. The second-order valence-electron chi connectivity index (χ2n) is 12.3. The summed E-state index contributed by atoms with van der Waals surface area (Å²) in [7, 11) is 0. The van der Waals surface area contributed by atoms with E-state index >= 15 is 0 Å². The molecule has 0 bridgehead atoms. The maximum Gasteiger partial charge on any atom is 0.166 e. The molecule has 0 fully saturated rings. The molecule has 0 unspecified atom stereocenters. The van der Waals surface area contributed by atoms with Gasteiger partial charge >= 0.3 is 0 Å². The van der Waals surface area contributed by atoms with Crippen molar-refractivity contribution in [1.82, 2.24) is 19.9 Å². The van der Waals surface area contributed by atoms with E-state index in [4.69, 9.17) is 24.4 Å². The first kappa shape index (κ1) is 28.5. The number of thiazole rings is 1. The highest BCUT2D eigenvalue weighted by atomic mass is 32.1. The Morgan fingerprint density at radius 3 is 1.78 bits per heavy atom. The van der Waals surface area contributed by atoms with Gasteiger partial charge in [-0.15, -0.1) is 11.3 Å². The number of para-hydroxylation sites is 1. The van der Waals surface area contributed by atoms with Crippen molar-refractivity contribution in [2.45, 2.75) is 0 Å². The van der Waals surface area contributed by atoms with E-state index in [0.717, 1.165) is 75.8 Å². The van der Waals surface area contributed by atoms with Gasteiger partial charge in [-0.3, -0.25) is 0 Å². The Morgan fingerprint density at radius 2 is 1.02 bits per heavy atom. The largest absolute Gasteiger partial charge is 0.456 e.